The van der Waals surface area contributed by atoms with Gasteiger partial charge in [0.25, 0.3) is 0 Å². The van der Waals surface area contributed by atoms with Gasteiger partial charge < -0.3 is 15.6 Å². The van der Waals surface area contributed by atoms with E-state index in [2.05, 4.69) is 9.97 Å². The zero-order chi connectivity index (χ0) is 16.7. The van der Waals surface area contributed by atoms with Gasteiger partial charge in [-0.3, -0.25) is 0 Å². The Morgan fingerprint density at radius 1 is 1.21 bits per heavy atom. The normalized spacial score (nSPS) is 19.4. The fourth-order valence-corrected chi connectivity index (χ4v) is 5.01. The molecule has 0 amide bonds. The fraction of sp³-hybridized carbons (Fsp3) is 0.588. The Morgan fingerprint density at radius 2 is 1.96 bits per heavy atom. The first-order valence-electron chi connectivity index (χ1n) is 8.53. The Hall–Kier alpha value is -1.73. The molecule has 0 radical (unpaired) electrons. The van der Waals surface area contributed by atoms with Crippen molar-refractivity contribution in [3.05, 3.63) is 16.3 Å². The Kier molecular flexibility index (Phi) is 3.92. The van der Waals surface area contributed by atoms with Crippen LogP contribution in [0.15, 0.2) is 0 Å². The third-order valence-corrected chi connectivity index (χ3v) is 6.22. The van der Waals surface area contributed by atoms with Crippen LogP contribution in [-0.2, 0) is 29.0 Å². The average molecular weight is 347 g/mol. The highest BCUT2D eigenvalue weighted by Crippen LogP contribution is 2.37. The van der Waals surface area contributed by atoms with Gasteiger partial charge >= 0.3 is 5.97 Å². The number of aromatic nitrogens is 2. The second kappa shape index (κ2) is 5.97. The average Bonchev–Trinajstić information content (AvgIpc) is 3.17. The maximum absolute atomic E-state index is 12.1. The highest BCUT2D eigenvalue weighted by molar-refractivity contribution is 7.19. The molecular formula is C17H21N3O3S. The van der Waals surface area contributed by atoms with Crippen LogP contribution < -0.4 is 5.73 Å². The minimum absolute atomic E-state index is 0.0517. The van der Waals surface area contributed by atoms with Crippen molar-refractivity contribution in [1.82, 2.24) is 9.97 Å². The summed E-state index contributed by atoms with van der Waals surface area (Å²) in [5, 5.41) is 11.2. The van der Waals surface area contributed by atoms with Gasteiger partial charge in [-0.05, 0) is 56.9 Å². The largest absolute Gasteiger partial charge is 0.455 e. The van der Waals surface area contributed by atoms with Crippen molar-refractivity contribution in [3.8, 4) is 0 Å². The Balaban J connectivity index is 1.56. The number of hydrogen-bond acceptors (Lipinski definition) is 7. The van der Waals surface area contributed by atoms with E-state index in [-0.39, 0.29) is 6.61 Å². The van der Waals surface area contributed by atoms with Crippen LogP contribution in [0.2, 0.25) is 0 Å². The summed E-state index contributed by atoms with van der Waals surface area (Å²) in [6.07, 6.45) is 7.12. The van der Waals surface area contributed by atoms with Crippen LogP contribution in [0.5, 0.6) is 0 Å². The zero-order valence-corrected chi connectivity index (χ0v) is 14.3. The van der Waals surface area contributed by atoms with Crippen molar-refractivity contribution in [1.29, 1.82) is 0 Å². The molecule has 2 aliphatic rings. The van der Waals surface area contributed by atoms with Crippen LogP contribution in [0.25, 0.3) is 10.2 Å². The molecule has 4 rings (SSSR count). The number of carbonyl (C=O) groups is 1. The van der Waals surface area contributed by atoms with Crippen molar-refractivity contribution in [2.45, 2.75) is 63.6 Å². The number of aliphatic hydroxyl groups is 1. The van der Waals surface area contributed by atoms with Crippen LogP contribution in [-0.4, -0.2) is 26.6 Å². The summed E-state index contributed by atoms with van der Waals surface area (Å²) in [6.45, 7) is -0.0517. The lowest BCUT2D eigenvalue weighted by Gasteiger charge is -2.19. The summed E-state index contributed by atoms with van der Waals surface area (Å²) in [6, 6.07) is 0. The van der Waals surface area contributed by atoms with Gasteiger partial charge in [-0.25, -0.2) is 14.8 Å². The van der Waals surface area contributed by atoms with Crippen molar-refractivity contribution in [2.75, 3.05) is 5.73 Å². The summed E-state index contributed by atoms with van der Waals surface area (Å²) in [7, 11) is 0. The van der Waals surface area contributed by atoms with E-state index in [1.165, 1.54) is 23.3 Å². The van der Waals surface area contributed by atoms with Crippen LogP contribution >= 0.6 is 11.3 Å². The van der Waals surface area contributed by atoms with E-state index in [0.717, 1.165) is 35.9 Å². The second-order valence-corrected chi connectivity index (χ2v) is 7.81. The SMILES string of the molecule is Nc1nc(COC(=O)C2(O)CCCC2)nc2sc3c(c12)CCCC3. The lowest BCUT2D eigenvalue weighted by Crippen LogP contribution is -2.37. The summed E-state index contributed by atoms with van der Waals surface area (Å²) in [5.41, 5.74) is 6.10. The first-order valence-corrected chi connectivity index (χ1v) is 9.35. The van der Waals surface area contributed by atoms with Gasteiger partial charge in [0.05, 0.1) is 5.39 Å². The molecule has 0 saturated heterocycles. The number of esters is 1. The molecule has 7 heteroatoms. The summed E-state index contributed by atoms with van der Waals surface area (Å²) < 4.78 is 5.26. The smallest absolute Gasteiger partial charge is 0.338 e. The molecular weight excluding hydrogens is 326 g/mol. The van der Waals surface area contributed by atoms with Crippen LogP contribution in [0.4, 0.5) is 5.82 Å². The van der Waals surface area contributed by atoms with Crippen molar-refractivity contribution < 1.29 is 14.6 Å². The minimum Gasteiger partial charge on any atom is -0.455 e. The Morgan fingerprint density at radius 3 is 2.75 bits per heavy atom. The highest BCUT2D eigenvalue weighted by Gasteiger charge is 2.40. The summed E-state index contributed by atoms with van der Waals surface area (Å²) in [4.78, 5) is 23.2. The maximum atomic E-state index is 12.1. The number of rotatable bonds is 3. The molecule has 0 spiro atoms. The molecule has 1 saturated carbocycles. The van der Waals surface area contributed by atoms with Crippen LogP contribution in [0, 0.1) is 0 Å². The van der Waals surface area contributed by atoms with Crippen molar-refractivity contribution in [3.63, 3.8) is 0 Å². The first kappa shape index (κ1) is 15.8. The predicted molar refractivity (Wildman–Crippen MR) is 91.7 cm³/mol. The molecule has 1 fully saturated rings. The Bertz CT molecular complexity index is 796. The third kappa shape index (κ3) is 2.65. The lowest BCUT2D eigenvalue weighted by molar-refractivity contribution is -0.166. The van der Waals surface area contributed by atoms with Gasteiger partial charge in [0.15, 0.2) is 18.0 Å². The molecule has 2 aromatic rings. The van der Waals surface area contributed by atoms with Gasteiger partial charge in [0.1, 0.15) is 10.6 Å². The molecule has 128 valence electrons. The van der Waals surface area contributed by atoms with Crippen molar-refractivity contribution in [2.24, 2.45) is 0 Å². The van der Waals surface area contributed by atoms with E-state index in [9.17, 15) is 9.90 Å². The van der Waals surface area contributed by atoms with E-state index in [1.54, 1.807) is 11.3 Å². The zero-order valence-electron chi connectivity index (χ0n) is 13.5. The number of anilines is 1. The minimum atomic E-state index is -1.34. The molecule has 2 aliphatic carbocycles. The molecule has 2 aromatic heterocycles. The quantitative estimate of drug-likeness (QED) is 0.828. The molecule has 6 nitrogen and oxygen atoms in total. The van der Waals surface area contributed by atoms with Gasteiger partial charge in [-0.2, -0.15) is 0 Å². The molecule has 0 atom stereocenters. The second-order valence-electron chi connectivity index (χ2n) is 6.73. The number of hydrogen-bond donors (Lipinski definition) is 2. The number of ether oxygens (including phenoxy) is 1. The van der Waals surface area contributed by atoms with E-state index in [4.69, 9.17) is 10.5 Å². The molecule has 0 aliphatic heterocycles. The van der Waals surface area contributed by atoms with Gasteiger partial charge in [-0.15, -0.1) is 11.3 Å². The first-order chi connectivity index (χ1) is 11.6. The third-order valence-electron chi connectivity index (χ3n) is 5.03. The monoisotopic (exact) mass is 347 g/mol. The number of nitrogen functional groups attached to an aromatic ring is 1. The number of thiophene rings is 1. The molecule has 0 bridgehead atoms. The molecule has 24 heavy (non-hydrogen) atoms. The van der Waals surface area contributed by atoms with Crippen molar-refractivity contribution >= 4 is 33.3 Å². The standard InChI is InChI=1S/C17H21N3O3S/c18-14-13-10-5-1-2-6-11(10)24-15(13)20-12(19-14)9-23-16(21)17(22)7-3-4-8-17/h22H,1-9H2,(H2,18,19,20). The summed E-state index contributed by atoms with van der Waals surface area (Å²) in [5.74, 6) is 0.284. The molecule has 0 aromatic carbocycles. The number of fused-ring (bicyclic) bond motifs is 3. The molecule has 2 heterocycles. The molecule has 3 N–H and O–H groups in total. The fourth-order valence-electron chi connectivity index (χ4n) is 3.72. The number of aryl methyl sites for hydroxylation is 2. The van der Waals surface area contributed by atoms with Gasteiger partial charge in [-0.1, -0.05) is 0 Å². The van der Waals surface area contributed by atoms with E-state index < -0.39 is 11.6 Å². The van der Waals surface area contributed by atoms with Gasteiger partial charge in [0.2, 0.25) is 0 Å². The van der Waals surface area contributed by atoms with Gasteiger partial charge in [0, 0.05) is 4.88 Å². The highest BCUT2D eigenvalue weighted by atomic mass is 32.1. The van der Waals surface area contributed by atoms with E-state index >= 15 is 0 Å². The number of nitrogens with two attached hydrogens (primary N) is 1. The summed E-state index contributed by atoms with van der Waals surface area (Å²) >= 11 is 1.67. The lowest BCUT2D eigenvalue weighted by atomic mass is 9.97. The van der Waals surface area contributed by atoms with Crippen LogP contribution in [0.1, 0.15) is 54.8 Å². The Labute approximate surface area is 144 Å². The predicted octanol–water partition coefficient (Wildman–Crippen LogP) is 2.50. The number of nitrogens with zero attached hydrogens (tertiary/aromatic N) is 2. The molecule has 0 unspecified atom stereocenters. The number of carbonyl (C=O) groups excluding carboxylic acids is 1. The topological polar surface area (TPSA) is 98.3 Å². The van der Waals surface area contributed by atoms with E-state index in [1.807, 2.05) is 0 Å². The maximum Gasteiger partial charge on any atom is 0.338 e. The van der Waals surface area contributed by atoms with Crippen LogP contribution in [0.3, 0.4) is 0 Å². The van der Waals surface area contributed by atoms with E-state index in [0.29, 0.717) is 24.5 Å².